The van der Waals surface area contributed by atoms with Crippen molar-refractivity contribution in [1.82, 2.24) is 5.32 Å². The lowest BCUT2D eigenvalue weighted by Crippen LogP contribution is -2.41. The van der Waals surface area contributed by atoms with E-state index in [1.807, 2.05) is 24.3 Å². The van der Waals surface area contributed by atoms with Crippen molar-refractivity contribution in [1.29, 1.82) is 0 Å². The topological polar surface area (TPSA) is 50.7 Å². The Morgan fingerprint density at radius 3 is 2.65 bits per heavy atom. The molecule has 1 N–H and O–H groups in total. The maximum absolute atomic E-state index is 12.2. The lowest BCUT2D eigenvalue weighted by atomic mass is 9.86. The van der Waals surface area contributed by atoms with Crippen LogP contribution in [0.4, 0.5) is 0 Å². The highest BCUT2D eigenvalue weighted by Crippen LogP contribution is 2.23. The van der Waals surface area contributed by atoms with Crippen molar-refractivity contribution in [2.75, 3.05) is 7.11 Å². The van der Waals surface area contributed by atoms with Gasteiger partial charge in [0.25, 0.3) is 5.91 Å². The molecule has 1 fully saturated rings. The van der Waals surface area contributed by atoms with Gasteiger partial charge in [-0.3, -0.25) is 4.79 Å². The fourth-order valence-electron chi connectivity index (χ4n) is 2.62. The minimum absolute atomic E-state index is 0.0129. The van der Waals surface area contributed by atoms with Gasteiger partial charge in [0, 0.05) is 11.6 Å². The van der Waals surface area contributed by atoms with Crippen LogP contribution in [0.3, 0.4) is 0 Å². The number of benzene rings is 1. The van der Waals surface area contributed by atoms with Gasteiger partial charge in [-0.1, -0.05) is 37.1 Å². The van der Waals surface area contributed by atoms with Gasteiger partial charge in [-0.15, -0.1) is 0 Å². The standard InChI is InChI=1S/C16H22N2O2/c1-12-5-3-4-6-15(12)18-16(19)14-9-7-13(8-10-14)11-17-20-2/h7-12,15H,3-6H2,1-2H3,(H,18,19)/b17-11+. The molecule has 1 aromatic carbocycles. The Morgan fingerprint density at radius 1 is 1.30 bits per heavy atom. The summed E-state index contributed by atoms with van der Waals surface area (Å²) in [5.41, 5.74) is 1.60. The van der Waals surface area contributed by atoms with Crippen LogP contribution in [0, 0.1) is 5.92 Å². The Balaban J connectivity index is 1.96. The third kappa shape index (κ3) is 3.83. The summed E-state index contributed by atoms with van der Waals surface area (Å²) in [6.45, 7) is 2.22. The highest BCUT2D eigenvalue weighted by Gasteiger charge is 2.23. The third-order valence-electron chi connectivity index (χ3n) is 3.91. The molecule has 4 heteroatoms. The number of rotatable bonds is 4. The Morgan fingerprint density at radius 2 is 2.00 bits per heavy atom. The number of hydrogen-bond acceptors (Lipinski definition) is 3. The highest BCUT2D eigenvalue weighted by molar-refractivity contribution is 5.95. The van der Waals surface area contributed by atoms with Crippen molar-refractivity contribution < 1.29 is 9.63 Å². The summed E-state index contributed by atoms with van der Waals surface area (Å²) in [7, 11) is 1.50. The Labute approximate surface area is 120 Å². The van der Waals surface area contributed by atoms with Crippen LogP contribution in [0.1, 0.15) is 48.5 Å². The van der Waals surface area contributed by atoms with E-state index in [9.17, 15) is 4.79 Å². The lowest BCUT2D eigenvalue weighted by molar-refractivity contribution is 0.0910. The number of carbonyl (C=O) groups is 1. The van der Waals surface area contributed by atoms with Crippen LogP contribution in [0.5, 0.6) is 0 Å². The summed E-state index contributed by atoms with van der Waals surface area (Å²) >= 11 is 0. The molecule has 0 saturated heterocycles. The Bertz CT molecular complexity index is 468. The summed E-state index contributed by atoms with van der Waals surface area (Å²) < 4.78 is 0. The smallest absolute Gasteiger partial charge is 0.251 e. The fraction of sp³-hybridized carbons (Fsp3) is 0.500. The highest BCUT2D eigenvalue weighted by atomic mass is 16.6. The van der Waals surface area contributed by atoms with Gasteiger partial charge in [0.05, 0.1) is 6.21 Å². The summed E-state index contributed by atoms with van der Waals surface area (Å²) in [5.74, 6) is 0.583. The van der Waals surface area contributed by atoms with Crippen LogP contribution in [0.15, 0.2) is 29.4 Å². The van der Waals surface area contributed by atoms with Gasteiger partial charge in [0.2, 0.25) is 0 Å². The first kappa shape index (κ1) is 14.6. The van der Waals surface area contributed by atoms with Gasteiger partial charge < -0.3 is 10.2 Å². The molecule has 2 unspecified atom stereocenters. The average molecular weight is 274 g/mol. The molecule has 0 radical (unpaired) electrons. The fourth-order valence-corrected chi connectivity index (χ4v) is 2.62. The predicted octanol–water partition coefficient (Wildman–Crippen LogP) is 2.98. The molecule has 1 aliphatic rings. The van der Waals surface area contributed by atoms with Crippen LogP contribution < -0.4 is 5.32 Å². The number of nitrogens with zero attached hydrogens (tertiary/aromatic N) is 1. The zero-order valence-electron chi connectivity index (χ0n) is 12.1. The van der Waals surface area contributed by atoms with Crippen LogP contribution in [0.25, 0.3) is 0 Å². The number of hydrogen-bond donors (Lipinski definition) is 1. The molecule has 20 heavy (non-hydrogen) atoms. The minimum atomic E-state index is 0.0129. The molecule has 1 aliphatic carbocycles. The Hall–Kier alpha value is -1.84. The number of carbonyl (C=O) groups excluding carboxylic acids is 1. The first-order valence-electron chi connectivity index (χ1n) is 7.18. The van der Waals surface area contributed by atoms with Crippen LogP contribution in [-0.4, -0.2) is 25.3 Å². The second-order valence-electron chi connectivity index (χ2n) is 5.38. The zero-order valence-corrected chi connectivity index (χ0v) is 12.1. The largest absolute Gasteiger partial charge is 0.399 e. The van der Waals surface area contributed by atoms with Crippen LogP contribution in [-0.2, 0) is 4.84 Å². The van der Waals surface area contributed by atoms with E-state index in [4.69, 9.17) is 0 Å². The summed E-state index contributed by atoms with van der Waals surface area (Å²) in [5, 5.41) is 6.84. The van der Waals surface area contributed by atoms with Crippen molar-refractivity contribution in [3.05, 3.63) is 35.4 Å². The monoisotopic (exact) mass is 274 g/mol. The van der Waals surface area contributed by atoms with Gasteiger partial charge in [0.1, 0.15) is 7.11 Å². The predicted molar refractivity (Wildman–Crippen MR) is 79.9 cm³/mol. The maximum atomic E-state index is 12.2. The van der Waals surface area contributed by atoms with E-state index >= 15 is 0 Å². The van der Waals surface area contributed by atoms with E-state index in [-0.39, 0.29) is 5.91 Å². The van der Waals surface area contributed by atoms with Gasteiger partial charge in [0.15, 0.2) is 0 Å². The lowest BCUT2D eigenvalue weighted by Gasteiger charge is -2.29. The third-order valence-corrected chi connectivity index (χ3v) is 3.91. The minimum Gasteiger partial charge on any atom is -0.399 e. The molecule has 0 heterocycles. The molecule has 1 amide bonds. The summed E-state index contributed by atoms with van der Waals surface area (Å²) in [6, 6.07) is 7.68. The van der Waals surface area contributed by atoms with E-state index in [1.54, 1.807) is 6.21 Å². The number of amides is 1. The second-order valence-corrected chi connectivity index (χ2v) is 5.38. The molecular formula is C16H22N2O2. The van der Waals surface area contributed by atoms with Crippen LogP contribution in [0.2, 0.25) is 0 Å². The SMILES string of the molecule is CO/N=C/c1ccc(C(=O)NC2CCCCC2C)cc1. The molecule has 4 nitrogen and oxygen atoms in total. The quantitative estimate of drug-likeness (QED) is 0.678. The molecule has 1 aromatic rings. The number of nitrogens with one attached hydrogen (secondary N) is 1. The van der Waals surface area contributed by atoms with E-state index in [2.05, 4.69) is 22.2 Å². The molecule has 2 rings (SSSR count). The molecule has 0 spiro atoms. The average Bonchev–Trinajstić information content (AvgIpc) is 2.48. The first-order valence-corrected chi connectivity index (χ1v) is 7.18. The van der Waals surface area contributed by atoms with E-state index in [0.717, 1.165) is 12.0 Å². The van der Waals surface area contributed by atoms with Crippen molar-refractivity contribution in [3.63, 3.8) is 0 Å². The van der Waals surface area contributed by atoms with Crippen molar-refractivity contribution >= 4 is 12.1 Å². The summed E-state index contributed by atoms with van der Waals surface area (Å²) in [6.07, 6.45) is 6.40. The van der Waals surface area contributed by atoms with Gasteiger partial charge >= 0.3 is 0 Å². The van der Waals surface area contributed by atoms with E-state index in [1.165, 1.54) is 26.4 Å². The first-order chi connectivity index (χ1) is 9.70. The molecule has 0 aromatic heterocycles. The van der Waals surface area contributed by atoms with Crippen molar-refractivity contribution in [3.8, 4) is 0 Å². The van der Waals surface area contributed by atoms with Crippen molar-refractivity contribution in [2.24, 2.45) is 11.1 Å². The van der Waals surface area contributed by atoms with Gasteiger partial charge in [-0.2, -0.15) is 0 Å². The maximum Gasteiger partial charge on any atom is 0.251 e. The van der Waals surface area contributed by atoms with E-state index in [0.29, 0.717) is 17.5 Å². The van der Waals surface area contributed by atoms with Gasteiger partial charge in [-0.25, -0.2) is 0 Å². The van der Waals surface area contributed by atoms with Crippen molar-refractivity contribution in [2.45, 2.75) is 38.6 Å². The Kier molecular flexibility index (Phi) is 5.16. The molecule has 0 bridgehead atoms. The van der Waals surface area contributed by atoms with E-state index < -0.39 is 0 Å². The molecule has 2 atom stereocenters. The summed E-state index contributed by atoms with van der Waals surface area (Å²) in [4.78, 5) is 16.8. The molecular weight excluding hydrogens is 252 g/mol. The van der Waals surface area contributed by atoms with Crippen LogP contribution >= 0.6 is 0 Å². The number of oxime groups is 1. The molecule has 108 valence electrons. The molecule has 0 aliphatic heterocycles. The second kappa shape index (κ2) is 7.08. The molecule has 1 saturated carbocycles. The zero-order chi connectivity index (χ0) is 14.4. The van der Waals surface area contributed by atoms with Gasteiger partial charge in [-0.05, 0) is 36.5 Å². The normalized spacial score (nSPS) is 22.7.